The van der Waals surface area contributed by atoms with Crippen LogP contribution in [0, 0.1) is 0 Å². The van der Waals surface area contributed by atoms with Crippen LogP contribution in [-0.4, -0.2) is 66.4 Å². The molecule has 46 valence electrons. The predicted octanol–water partition coefficient (Wildman–Crippen LogP) is -3.27. The van der Waals surface area contributed by atoms with Gasteiger partial charge in [-0.15, -0.1) is 12.4 Å². The molecular weight excluding hydrogens is 292 g/mol. The van der Waals surface area contributed by atoms with Crippen LogP contribution in [0.1, 0.15) is 4.28 Å². The van der Waals surface area contributed by atoms with Crippen molar-refractivity contribution in [3.8, 4) is 0 Å². The SMILES string of the molecule is Cl.O=S(=O)(O)O.[Ba+2].[H-].[H-].[H-].[Na+]. The Kier molecular flexibility index (Phi) is 27.3. The molecule has 8 heavy (non-hydrogen) atoms. The van der Waals surface area contributed by atoms with Gasteiger partial charge in [-0.25, -0.2) is 0 Å². The normalized spacial score (nSPS) is 7.25. The van der Waals surface area contributed by atoms with Crippen molar-refractivity contribution in [2.45, 2.75) is 0 Å². The van der Waals surface area contributed by atoms with Crippen LogP contribution >= 0.6 is 12.4 Å². The van der Waals surface area contributed by atoms with E-state index in [1.165, 1.54) is 0 Å². The summed E-state index contributed by atoms with van der Waals surface area (Å²) in [6, 6.07) is 0. The second-order valence-electron chi connectivity index (χ2n) is 0.448. The molecule has 0 aromatic carbocycles. The molecule has 0 aromatic rings. The molecule has 0 spiro atoms. The van der Waals surface area contributed by atoms with E-state index >= 15 is 0 Å². The van der Waals surface area contributed by atoms with Gasteiger partial charge in [0.05, 0.1) is 0 Å². The topological polar surface area (TPSA) is 74.6 Å². The minimum Gasteiger partial charge on any atom is -1.00 e. The monoisotopic (exact) mass is 298 g/mol. The van der Waals surface area contributed by atoms with E-state index in [0.29, 0.717) is 0 Å². The molecule has 0 aliphatic carbocycles. The minimum absolute atomic E-state index is 0. The number of hydrogen-bond donors (Lipinski definition) is 2. The Morgan fingerprint density at radius 3 is 1.25 bits per heavy atom. The molecule has 0 fully saturated rings. The van der Waals surface area contributed by atoms with Crippen LogP contribution < -0.4 is 29.6 Å². The molecule has 0 radical (unpaired) electrons. The Morgan fingerprint density at radius 2 is 1.25 bits per heavy atom. The van der Waals surface area contributed by atoms with Crippen LogP contribution in [0.4, 0.5) is 0 Å². The van der Waals surface area contributed by atoms with Crippen LogP contribution in [-0.2, 0) is 10.4 Å². The maximum atomic E-state index is 8.74. The molecule has 4 nitrogen and oxygen atoms in total. The molecule has 0 aromatic heterocycles. The molecular formula is H6BaClNaO4S. The van der Waals surface area contributed by atoms with E-state index in [4.69, 9.17) is 17.5 Å². The van der Waals surface area contributed by atoms with Crippen molar-refractivity contribution in [2.24, 2.45) is 0 Å². The number of halogens is 1. The molecule has 0 bridgehead atoms. The fourth-order valence-corrected chi connectivity index (χ4v) is 0. The molecule has 0 atom stereocenters. The van der Waals surface area contributed by atoms with E-state index in [1.54, 1.807) is 0 Å². The van der Waals surface area contributed by atoms with Gasteiger partial charge >= 0.3 is 88.8 Å². The molecule has 2 N–H and O–H groups in total. The number of rotatable bonds is 0. The van der Waals surface area contributed by atoms with Gasteiger partial charge in [0, 0.05) is 0 Å². The summed E-state index contributed by atoms with van der Waals surface area (Å²) in [5.74, 6) is 0. The van der Waals surface area contributed by atoms with E-state index in [0.717, 1.165) is 0 Å². The quantitative estimate of drug-likeness (QED) is 0.363. The van der Waals surface area contributed by atoms with E-state index in [2.05, 4.69) is 0 Å². The van der Waals surface area contributed by atoms with Gasteiger partial charge in [-0.05, 0) is 0 Å². The van der Waals surface area contributed by atoms with Crippen molar-refractivity contribution in [1.29, 1.82) is 0 Å². The molecule has 0 rings (SSSR count). The van der Waals surface area contributed by atoms with Gasteiger partial charge in [0.15, 0.2) is 0 Å². The third-order valence-corrected chi connectivity index (χ3v) is 0. The van der Waals surface area contributed by atoms with Crippen molar-refractivity contribution >= 4 is 71.7 Å². The summed E-state index contributed by atoms with van der Waals surface area (Å²) in [6.07, 6.45) is 0. The smallest absolute Gasteiger partial charge is 1.00 e. The van der Waals surface area contributed by atoms with E-state index in [9.17, 15) is 0 Å². The average Bonchev–Trinajstić information content (AvgIpc) is 0.722. The molecule has 0 aliphatic rings. The molecule has 0 saturated heterocycles. The molecule has 0 amide bonds. The first kappa shape index (κ1) is 22.4. The van der Waals surface area contributed by atoms with E-state index < -0.39 is 10.4 Å². The van der Waals surface area contributed by atoms with Crippen molar-refractivity contribution in [1.82, 2.24) is 0 Å². The molecule has 8 heteroatoms. The Bertz CT molecular complexity index is 109. The van der Waals surface area contributed by atoms with Gasteiger partial charge in [0.1, 0.15) is 0 Å². The first-order valence-electron chi connectivity index (χ1n) is 0.698. The number of hydrogen-bond acceptors (Lipinski definition) is 2. The van der Waals surface area contributed by atoms with Crippen LogP contribution in [0.3, 0.4) is 0 Å². The van der Waals surface area contributed by atoms with Crippen molar-refractivity contribution in [3.63, 3.8) is 0 Å². The van der Waals surface area contributed by atoms with Gasteiger partial charge in [0.25, 0.3) is 0 Å². The van der Waals surface area contributed by atoms with E-state index in [-0.39, 0.29) is 95.1 Å². The summed E-state index contributed by atoms with van der Waals surface area (Å²) < 4.78 is 31.6. The largest absolute Gasteiger partial charge is 2.00 e. The van der Waals surface area contributed by atoms with Crippen LogP contribution in [0.15, 0.2) is 0 Å². The standard InChI is InChI=1S/Ba.ClH.Na.H2O4S.3H/c;;;1-5(2,3)4;;;/h;1H;;(H2,1,2,3,4);;;/q+2;;+1;;3*-1. The van der Waals surface area contributed by atoms with Gasteiger partial charge in [-0.3, -0.25) is 9.11 Å². The minimum atomic E-state index is -4.67. The zero-order valence-corrected chi connectivity index (χ0v) is 12.3. The van der Waals surface area contributed by atoms with Crippen molar-refractivity contribution in [3.05, 3.63) is 0 Å². The predicted molar refractivity (Wildman–Crippen MR) is 30.5 cm³/mol. The van der Waals surface area contributed by atoms with Crippen molar-refractivity contribution in [2.75, 3.05) is 0 Å². The Labute approximate surface area is 121 Å². The average molecular weight is 298 g/mol. The van der Waals surface area contributed by atoms with Gasteiger partial charge in [0.2, 0.25) is 0 Å². The Hall–Kier alpha value is 2.73. The third-order valence-electron chi connectivity index (χ3n) is 0. The fraction of sp³-hybridized carbons (Fsp3) is 0. The fourth-order valence-electron chi connectivity index (χ4n) is 0. The molecule has 0 saturated carbocycles. The van der Waals surface area contributed by atoms with Crippen LogP contribution in [0.2, 0.25) is 0 Å². The maximum absolute atomic E-state index is 8.74. The zero-order chi connectivity index (χ0) is 4.50. The summed E-state index contributed by atoms with van der Waals surface area (Å²) in [5, 5.41) is 0. The second-order valence-corrected chi connectivity index (χ2v) is 1.34. The van der Waals surface area contributed by atoms with Gasteiger partial charge in [-0.2, -0.15) is 8.42 Å². The maximum Gasteiger partial charge on any atom is 2.00 e. The molecule has 0 heterocycles. The summed E-state index contributed by atoms with van der Waals surface area (Å²) in [5.41, 5.74) is 0. The van der Waals surface area contributed by atoms with Crippen molar-refractivity contribution < 1.29 is 51.4 Å². The molecule has 0 unspecified atom stereocenters. The van der Waals surface area contributed by atoms with Gasteiger partial charge in [-0.1, -0.05) is 0 Å². The van der Waals surface area contributed by atoms with Crippen LogP contribution in [0.25, 0.3) is 0 Å². The zero-order valence-electron chi connectivity index (χ0n) is 7.23. The summed E-state index contributed by atoms with van der Waals surface area (Å²) >= 11 is 0. The molecule has 0 aliphatic heterocycles. The van der Waals surface area contributed by atoms with E-state index in [1.807, 2.05) is 0 Å². The second kappa shape index (κ2) is 9.73. The van der Waals surface area contributed by atoms with Crippen LogP contribution in [0.5, 0.6) is 0 Å². The summed E-state index contributed by atoms with van der Waals surface area (Å²) in [4.78, 5) is 0. The third kappa shape index (κ3) is 70.0. The first-order chi connectivity index (χ1) is 2.00. The summed E-state index contributed by atoms with van der Waals surface area (Å²) in [6.45, 7) is 0. The Balaban J connectivity index is -0.00000000533. The van der Waals surface area contributed by atoms with Gasteiger partial charge < -0.3 is 4.28 Å². The summed E-state index contributed by atoms with van der Waals surface area (Å²) in [7, 11) is -4.67. The first-order valence-corrected chi connectivity index (χ1v) is 2.10. The Morgan fingerprint density at radius 1 is 1.25 bits per heavy atom.